The van der Waals surface area contributed by atoms with Gasteiger partial charge in [0, 0.05) is 19.6 Å². The zero-order valence-corrected chi connectivity index (χ0v) is 12.9. The molecule has 21 heavy (non-hydrogen) atoms. The van der Waals surface area contributed by atoms with Gasteiger partial charge in [-0.05, 0) is 25.5 Å². The average molecular weight is 315 g/mol. The summed E-state index contributed by atoms with van der Waals surface area (Å²) in [4.78, 5) is 10.6. The van der Waals surface area contributed by atoms with Crippen molar-refractivity contribution in [2.75, 3.05) is 29.8 Å². The summed E-state index contributed by atoms with van der Waals surface area (Å²) in [6.07, 6.45) is 0.197. The molecule has 0 unspecified atom stereocenters. The van der Waals surface area contributed by atoms with Crippen molar-refractivity contribution < 1.29 is 23.1 Å². The number of anilines is 1. The number of carboxylic acid groups (broad SMARTS) is 1. The second kappa shape index (κ2) is 8.63. The van der Waals surface area contributed by atoms with Crippen LogP contribution in [0.1, 0.15) is 19.8 Å². The number of hydrogen-bond donors (Lipinski definition) is 1. The Balaban J connectivity index is 2.83. The Labute approximate surface area is 125 Å². The number of sulfonamides is 1. The first-order valence-electron chi connectivity index (χ1n) is 6.82. The van der Waals surface area contributed by atoms with Crippen molar-refractivity contribution in [2.45, 2.75) is 19.8 Å². The molecule has 0 aliphatic carbocycles. The summed E-state index contributed by atoms with van der Waals surface area (Å²) in [7, 11) is -3.53. The lowest BCUT2D eigenvalue weighted by molar-refractivity contribution is -0.137. The smallest absolute Gasteiger partial charge is 0.303 e. The van der Waals surface area contributed by atoms with Crippen LogP contribution in [0.15, 0.2) is 30.3 Å². The van der Waals surface area contributed by atoms with Gasteiger partial charge in [-0.2, -0.15) is 0 Å². The largest absolute Gasteiger partial charge is 0.481 e. The third kappa shape index (κ3) is 6.14. The lowest BCUT2D eigenvalue weighted by atomic mass is 10.3. The van der Waals surface area contributed by atoms with Crippen molar-refractivity contribution in [1.29, 1.82) is 0 Å². The van der Waals surface area contributed by atoms with Crippen LogP contribution in [0.4, 0.5) is 5.69 Å². The predicted molar refractivity (Wildman–Crippen MR) is 80.9 cm³/mol. The van der Waals surface area contributed by atoms with Gasteiger partial charge in [-0.15, -0.1) is 0 Å². The number of carboxylic acids is 1. The van der Waals surface area contributed by atoms with Crippen molar-refractivity contribution in [1.82, 2.24) is 0 Å². The van der Waals surface area contributed by atoms with Gasteiger partial charge in [-0.1, -0.05) is 18.2 Å². The van der Waals surface area contributed by atoms with Gasteiger partial charge < -0.3 is 9.84 Å². The van der Waals surface area contributed by atoms with E-state index in [0.717, 1.165) is 0 Å². The second-order valence-electron chi connectivity index (χ2n) is 4.42. The van der Waals surface area contributed by atoms with E-state index in [2.05, 4.69) is 0 Å². The average Bonchev–Trinajstić information content (AvgIpc) is 2.44. The molecule has 6 nitrogen and oxygen atoms in total. The van der Waals surface area contributed by atoms with Gasteiger partial charge in [0.1, 0.15) is 0 Å². The Kier molecular flexibility index (Phi) is 7.18. The fourth-order valence-corrected chi connectivity index (χ4v) is 3.21. The first-order valence-corrected chi connectivity index (χ1v) is 8.43. The van der Waals surface area contributed by atoms with Gasteiger partial charge in [-0.3, -0.25) is 9.10 Å². The molecule has 0 aliphatic heterocycles. The topological polar surface area (TPSA) is 83.9 Å². The molecule has 0 atom stereocenters. The van der Waals surface area contributed by atoms with Gasteiger partial charge >= 0.3 is 5.97 Å². The van der Waals surface area contributed by atoms with E-state index in [-0.39, 0.29) is 31.7 Å². The quantitative estimate of drug-likeness (QED) is 0.665. The highest BCUT2D eigenvalue weighted by atomic mass is 32.2. The minimum absolute atomic E-state index is 0.0652. The lowest BCUT2D eigenvalue weighted by Crippen LogP contribution is -2.35. The van der Waals surface area contributed by atoms with Crippen LogP contribution in [0.3, 0.4) is 0 Å². The van der Waals surface area contributed by atoms with E-state index in [1.165, 1.54) is 4.31 Å². The number of benzene rings is 1. The number of nitrogens with zero attached hydrogens (tertiary/aromatic N) is 1. The molecule has 0 fully saturated rings. The highest BCUT2D eigenvalue weighted by Gasteiger charge is 2.22. The maximum atomic E-state index is 12.4. The molecule has 0 saturated heterocycles. The summed E-state index contributed by atoms with van der Waals surface area (Å²) >= 11 is 0. The van der Waals surface area contributed by atoms with Crippen molar-refractivity contribution in [3.8, 4) is 0 Å². The number of aliphatic carboxylic acids is 1. The lowest BCUT2D eigenvalue weighted by Gasteiger charge is -2.24. The summed E-state index contributed by atoms with van der Waals surface area (Å²) < 4.78 is 31.1. The fraction of sp³-hybridized carbons (Fsp3) is 0.500. The van der Waals surface area contributed by atoms with Crippen LogP contribution in [0.5, 0.6) is 0 Å². The summed E-state index contributed by atoms with van der Waals surface area (Å²) in [5, 5.41) is 8.69. The molecule has 0 radical (unpaired) electrons. The van der Waals surface area contributed by atoms with E-state index in [1.54, 1.807) is 37.3 Å². The SMILES string of the molecule is CCOCCS(=O)(=O)N(CCCC(=O)O)c1ccccc1. The van der Waals surface area contributed by atoms with Crippen LogP contribution < -0.4 is 4.31 Å². The van der Waals surface area contributed by atoms with Gasteiger partial charge in [-0.25, -0.2) is 8.42 Å². The number of hydrogen-bond acceptors (Lipinski definition) is 4. The van der Waals surface area contributed by atoms with E-state index >= 15 is 0 Å². The Morgan fingerprint density at radius 1 is 1.29 bits per heavy atom. The molecule has 1 rings (SSSR count). The Hall–Kier alpha value is -1.60. The van der Waals surface area contributed by atoms with Crippen LogP contribution in [0.25, 0.3) is 0 Å². The minimum Gasteiger partial charge on any atom is -0.481 e. The summed E-state index contributed by atoms with van der Waals surface area (Å²) in [5.74, 6) is -1.06. The highest BCUT2D eigenvalue weighted by Crippen LogP contribution is 2.18. The third-order valence-electron chi connectivity index (χ3n) is 2.82. The van der Waals surface area contributed by atoms with Crippen LogP contribution in [-0.4, -0.2) is 45.0 Å². The van der Waals surface area contributed by atoms with Crippen molar-refractivity contribution in [3.05, 3.63) is 30.3 Å². The van der Waals surface area contributed by atoms with E-state index in [1.807, 2.05) is 0 Å². The molecule has 0 aliphatic rings. The molecule has 118 valence electrons. The maximum absolute atomic E-state index is 12.4. The Bertz CT molecular complexity index is 530. The van der Waals surface area contributed by atoms with Crippen LogP contribution >= 0.6 is 0 Å². The first kappa shape index (κ1) is 17.5. The molecular formula is C14H21NO5S. The molecule has 1 aromatic carbocycles. The summed E-state index contributed by atoms with van der Waals surface area (Å²) in [6.45, 7) is 2.53. The van der Waals surface area contributed by atoms with Crippen molar-refractivity contribution in [3.63, 3.8) is 0 Å². The molecule has 1 N–H and O–H groups in total. The number of carbonyl (C=O) groups is 1. The van der Waals surface area contributed by atoms with Crippen LogP contribution in [0.2, 0.25) is 0 Å². The van der Waals surface area contributed by atoms with E-state index in [0.29, 0.717) is 12.3 Å². The summed E-state index contributed by atoms with van der Waals surface area (Å²) in [5.41, 5.74) is 0.541. The highest BCUT2D eigenvalue weighted by molar-refractivity contribution is 7.92. The van der Waals surface area contributed by atoms with Crippen LogP contribution in [-0.2, 0) is 19.6 Å². The molecule has 0 saturated carbocycles. The van der Waals surface area contributed by atoms with E-state index in [9.17, 15) is 13.2 Å². The first-order chi connectivity index (χ1) is 9.97. The van der Waals surface area contributed by atoms with Gasteiger partial charge in [0.15, 0.2) is 0 Å². The number of rotatable bonds is 10. The summed E-state index contributed by atoms with van der Waals surface area (Å²) in [6, 6.07) is 8.68. The van der Waals surface area contributed by atoms with Crippen molar-refractivity contribution >= 4 is 21.7 Å². The molecule has 0 bridgehead atoms. The molecule has 0 amide bonds. The number of para-hydroxylation sites is 1. The molecule has 1 aromatic rings. The zero-order chi connectivity index (χ0) is 15.7. The maximum Gasteiger partial charge on any atom is 0.303 e. The van der Waals surface area contributed by atoms with E-state index < -0.39 is 16.0 Å². The number of ether oxygens (including phenoxy) is 1. The zero-order valence-electron chi connectivity index (χ0n) is 12.1. The van der Waals surface area contributed by atoms with Gasteiger partial charge in [0.2, 0.25) is 10.0 Å². The van der Waals surface area contributed by atoms with Crippen molar-refractivity contribution in [2.24, 2.45) is 0 Å². The van der Waals surface area contributed by atoms with Gasteiger partial charge in [0.25, 0.3) is 0 Å². The molecule has 0 spiro atoms. The van der Waals surface area contributed by atoms with E-state index in [4.69, 9.17) is 9.84 Å². The molecule has 7 heteroatoms. The molecule has 0 heterocycles. The Morgan fingerprint density at radius 3 is 2.52 bits per heavy atom. The fourth-order valence-electron chi connectivity index (χ4n) is 1.82. The monoisotopic (exact) mass is 315 g/mol. The molecular weight excluding hydrogens is 294 g/mol. The standard InChI is InChI=1S/C14H21NO5S/c1-2-20-11-12-21(18,19)15(10-6-9-14(16)17)13-7-4-3-5-8-13/h3-5,7-8H,2,6,9-12H2,1H3,(H,16,17). The third-order valence-corrected chi connectivity index (χ3v) is 4.57. The normalized spacial score (nSPS) is 11.3. The minimum atomic E-state index is -3.53. The predicted octanol–water partition coefficient (Wildman–Crippen LogP) is 1.72. The van der Waals surface area contributed by atoms with Gasteiger partial charge in [0.05, 0.1) is 18.0 Å². The van der Waals surface area contributed by atoms with Crippen LogP contribution in [0, 0.1) is 0 Å². The second-order valence-corrected chi connectivity index (χ2v) is 6.43. The Morgan fingerprint density at radius 2 is 1.95 bits per heavy atom. The molecule has 0 aromatic heterocycles.